The fourth-order valence-corrected chi connectivity index (χ4v) is 3.03. The highest BCUT2D eigenvalue weighted by atomic mass is 16.5. The Balaban J connectivity index is 2.31. The molecule has 5 heteroatoms. The van der Waals surface area contributed by atoms with E-state index in [9.17, 15) is 9.59 Å². The molecule has 0 heterocycles. The number of nitrogens with one attached hydrogen (secondary N) is 1. The van der Waals surface area contributed by atoms with Crippen molar-refractivity contribution in [2.45, 2.75) is 32.9 Å². The molecular weight excluding hydrogens is 352 g/mol. The monoisotopic (exact) mass is 382 g/mol. The Labute approximate surface area is 167 Å². The van der Waals surface area contributed by atoms with Gasteiger partial charge in [0.25, 0.3) is 0 Å². The van der Waals surface area contributed by atoms with E-state index < -0.39 is 6.04 Å². The molecule has 28 heavy (non-hydrogen) atoms. The number of carbonyl (C=O) groups excluding carboxylic acids is 2. The molecule has 0 saturated carbocycles. The number of carbonyl (C=O) groups is 2. The van der Waals surface area contributed by atoms with Gasteiger partial charge >= 0.3 is 0 Å². The molecule has 2 amide bonds. The van der Waals surface area contributed by atoms with Gasteiger partial charge in [-0.25, -0.2) is 0 Å². The number of amides is 2. The third-order valence-corrected chi connectivity index (χ3v) is 4.53. The Kier molecular flexibility index (Phi) is 8.69. The fourth-order valence-electron chi connectivity index (χ4n) is 3.03. The molecule has 0 aliphatic rings. The molecule has 2 aromatic carbocycles. The predicted octanol–water partition coefficient (Wildman–Crippen LogP) is 3.05. The number of benzene rings is 2. The normalized spacial score (nSPS) is 11.9. The molecule has 0 aromatic heterocycles. The van der Waals surface area contributed by atoms with Crippen molar-refractivity contribution < 1.29 is 14.3 Å². The molecule has 1 atom stereocenters. The van der Waals surface area contributed by atoms with E-state index in [-0.39, 0.29) is 17.7 Å². The zero-order valence-electron chi connectivity index (χ0n) is 16.9. The summed E-state index contributed by atoms with van der Waals surface area (Å²) in [7, 11) is 1.59. The molecule has 0 unspecified atom stereocenters. The lowest BCUT2D eigenvalue weighted by Crippen LogP contribution is -2.52. The smallest absolute Gasteiger partial charge is 0.243 e. The number of nitrogens with zero attached hydrogens (tertiary/aromatic N) is 1. The Morgan fingerprint density at radius 1 is 0.964 bits per heavy atom. The number of rotatable bonds is 10. The number of hydrogen-bond donors (Lipinski definition) is 1. The summed E-state index contributed by atoms with van der Waals surface area (Å²) < 4.78 is 5.04. The average Bonchev–Trinajstić information content (AvgIpc) is 2.71. The van der Waals surface area contributed by atoms with Crippen LogP contribution in [0.15, 0.2) is 60.7 Å². The van der Waals surface area contributed by atoms with E-state index in [1.54, 1.807) is 12.0 Å². The fraction of sp³-hybridized carbons (Fsp3) is 0.391. The van der Waals surface area contributed by atoms with E-state index in [2.05, 4.69) is 5.32 Å². The summed E-state index contributed by atoms with van der Waals surface area (Å²) in [4.78, 5) is 27.8. The molecule has 0 fully saturated rings. The highest BCUT2D eigenvalue weighted by Gasteiger charge is 2.31. The minimum Gasteiger partial charge on any atom is -0.383 e. The summed E-state index contributed by atoms with van der Waals surface area (Å²) in [6.45, 7) is 4.97. The van der Waals surface area contributed by atoms with E-state index >= 15 is 0 Å². The molecule has 5 nitrogen and oxygen atoms in total. The Morgan fingerprint density at radius 2 is 1.54 bits per heavy atom. The van der Waals surface area contributed by atoms with Crippen molar-refractivity contribution in [2.24, 2.45) is 5.92 Å². The van der Waals surface area contributed by atoms with Gasteiger partial charge in [0.15, 0.2) is 0 Å². The first-order valence-electron chi connectivity index (χ1n) is 9.68. The molecule has 0 aliphatic carbocycles. The molecular formula is C23H30N2O3. The minimum absolute atomic E-state index is 0.0355. The van der Waals surface area contributed by atoms with Crippen LogP contribution in [0.3, 0.4) is 0 Å². The molecule has 0 spiro atoms. The van der Waals surface area contributed by atoms with Crippen molar-refractivity contribution in [3.05, 3.63) is 71.8 Å². The van der Waals surface area contributed by atoms with Crippen molar-refractivity contribution in [2.75, 3.05) is 20.3 Å². The van der Waals surface area contributed by atoms with Crippen LogP contribution in [0.5, 0.6) is 0 Å². The number of hydrogen-bond acceptors (Lipinski definition) is 3. The average molecular weight is 383 g/mol. The summed E-state index contributed by atoms with van der Waals surface area (Å²) in [6.07, 6.45) is 0.463. The van der Waals surface area contributed by atoms with Gasteiger partial charge < -0.3 is 15.0 Å². The summed E-state index contributed by atoms with van der Waals surface area (Å²) in [6, 6.07) is 19.0. The van der Waals surface area contributed by atoms with Crippen LogP contribution < -0.4 is 5.32 Å². The van der Waals surface area contributed by atoms with E-state index in [0.29, 0.717) is 26.1 Å². The van der Waals surface area contributed by atoms with Gasteiger partial charge in [0.05, 0.1) is 6.61 Å². The third kappa shape index (κ3) is 6.50. The SMILES string of the molecule is COCCNC(=O)[C@H](Cc1ccccc1)N(Cc1ccccc1)C(=O)C(C)C. The second-order valence-corrected chi connectivity index (χ2v) is 7.10. The first-order valence-corrected chi connectivity index (χ1v) is 9.68. The Bertz CT molecular complexity index is 732. The summed E-state index contributed by atoms with van der Waals surface area (Å²) >= 11 is 0. The van der Waals surface area contributed by atoms with Crippen LogP contribution >= 0.6 is 0 Å². The van der Waals surface area contributed by atoms with E-state index in [1.807, 2.05) is 74.5 Å². The zero-order valence-corrected chi connectivity index (χ0v) is 16.9. The second-order valence-electron chi connectivity index (χ2n) is 7.10. The Morgan fingerprint density at radius 3 is 2.07 bits per heavy atom. The van der Waals surface area contributed by atoms with Crippen molar-refractivity contribution in [3.8, 4) is 0 Å². The number of methoxy groups -OCH3 is 1. The van der Waals surface area contributed by atoms with Crippen LogP contribution in [0.2, 0.25) is 0 Å². The lowest BCUT2D eigenvalue weighted by atomic mass is 10.0. The number of ether oxygens (including phenoxy) is 1. The van der Waals surface area contributed by atoms with Crippen LogP contribution in [0.1, 0.15) is 25.0 Å². The highest BCUT2D eigenvalue weighted by molar-refractivity contribution is 5.88. The van der Waals surface area contributed by atoms with Crippen molar-refractivity contribution in [3.63, 3.8) is 0 Å². The third-order valence-electron chi connectivity index (χ3n) is 4.53. The van der Waals surface area contributed by atoms with Crippen LogP contribution in [0.4, 0.5) is 0 Å². The van der Waals surface area contributed by atoms with Crippen molar-refractivity contribution in [1.29, 1.82) is 0 Å². The van der Waals surface area contributed by atoms with Gasteiger partial charge in [-0.2, -0.15) is 0 Å². The largest absolute Gasteiger partial charge is 0.383 e. The molecule has 150 valence electrons. The van der Waals surface area contributed by atoms with Crippen molar-refractivity contribution >= 4 is 11.8 Å². The van der Waals surface area contributed by atoms with Gasteiger partial charge in [-0.3, -0.25) is 9.59 Å². The summed E-state index contributed by atoms with van der Waals surface area (Å²) in [5, 5.41) is 2.91. The highest BCUT2D eigenvalue weighted by Crippen LogP contribution is 2.17. The maximum atomic E-state index is 13.0. The Hall–Kier alpha value is -2.66. The second kappa shape index (κ2) is 11.2. The van der Waals surface area contributed by atoms with Gasteiger partial charge in [-0.05, 0) is 11.1 Å². The topological polar surface area (TPSA) is 58.6 Å². The first-order chi connectivity index (χ1) is 13.5. The molecule has 2 rings (SSSR count). The molecule has 0 aliphatic heterocycles. The van der Waals surface area contributed by atoms with Gasteiger partial charge in [0.2, 0.25) is 11.8 Å². The van der Waals surface area contributed by atoms with Crippen LogP contribution in [-0.4, -0.2) is 43.0 Å². The van der Waals surface area contributed by atoms with E-state index in [0.717, 1.165) is 11.1 Å². The summed E-state index contributed by atoms with van der Waals surface area (Å²) in [5.41, 5.74) is 2.02. The molecule has 2 aromatic rings. The quantitative estimate of drug-likeness (QED) is 0.643. The van der Waals surface area contributed by atoms with E-state index in [4.69, 9.17) is 4.74 Å². The lowest BCUT2D eigenvalue weighted by Gasteiger charge is -2.32. The lowest BCUT2D eigenvalue weighted by molar-refractivity contribution is -0.143. The molecule has 0 radical (unpaired) electrons. The van der Waals surface area contributed by atoms with Crippen LogP contribution in [-0.2, 0) is 27.3 Å². The predicted molar refractivity (Wildman–Crippen MR) is 111 cm³/mol. The minimum atomic E-state index is -0.589. The molecule has 0 bridgehead atoms. The van der Waals surface area contributed by atoms with Gasteiger partial charge in [-0.1, -0.05) is 74.5 Å². The molecule has 0 saturated heterocycles. The first kappa shape index (κ1) is 21.6. The van der Waals surface area contributed by atoms with Gasteiger partial charge in [-0.15, -0.1) is 0 Å². The molecule has 1 N–H and O–H groups in total. The maximum absolute atomic E-state index is 13.0. The van der Waals surface area contributed by atoms with Crippen LogP contribution in [0, 0.1) is 5.92 Å². The van der Waals surface area contributed by atoms with Crippen LogP contribution in [0.25, 0.3) is 0 Å². The summed E-state index contributed by atoms with van der Waals surface area (Å²) in [5.74, 6) is -0.397. The van der Waals surface area contributed by atoms with Gasteiger partial charge in [0.1, 0.15) is 6.04 Å². The standard InChI is InChI=1S/C23H30N2O3/c1-18(2)23(27)25(17-20-12-8-5-9-13-20)21(22(26)24-14-15-28-3)16-19-10-6-4-7-11-19/h4-13,18,21H,14-17H2,1-3H3,(H,24,26)/t21-/m0/s1. The zero-order chi connectivity index (χ0) is 20.4. The van der Waals surface area contributed by atoms with Crippen molar-refractivity contribution in [1.82, 2.24) is 10.2 Å². The van der Waals surface area contributed by atoms with Gasteiger partial charge in [0, 0.05) is 32.5 Å². The van der Waals surface area contributed by atoms with E-state index in [1.165, 1.54) is 0 Å². The maximum Gasteiger partial charge on any atom is 0.243 e.